The molecule has 0 aromatic carbocycles. The largest absolute Gasteiger partial charge is 0.498 e. The number of pyridine rings is 1. The van der Waals surface area contributed by atoms with Gasteiger partial charge in [-0.1, -0.05) is 0 Å². The fraction of sp³-hybridized carbons (Fsp3) is 0.571. The number of rotatable bonds is 3. The van der Waals surface area contributed by atoms with Crippen molar-refractivity contribution in [3.05, 3.63) is 18.0 Å². The molecule has 0 radical (unpaired) electrons. The second-order valence-corrected chi connectivity index (χ2v) is 6.27. The molecule has 1 fully saturated rings. The quantitative estimate of drug-likeness (QED) is 0.836. The number of hydrogen-bond acceptors (Lipinski definition) is 5. The molecule has 1 aliphatic heterocycles. The van der Waals surface area contributed by atoms with Gasteiger partial charge in [-0.2, -0.15) is 0 Å². The molecular formula is C14H21BN2O3. The van der Waals surface area contributed by atoms with Crippen LogP contribution in [0.15, 0.2) is 12.3 Å². The Morgan fingerprint density at radius 2 is 1.85 bits per heavy atom. The smallest absolute Gasteiger partial charge is 0.399 e. The lowest BCUT2D eigenvalue weighted by atomic mass is 9.79. The van der Waals surface area contributed by atoms with Gasteiger partial charge in [0, 0.05) is 29.5 Å². The standard InChI is InChI=1S/C14H21BN2O3/c1-9(18)6-10-7-12(16)11(8-17-10)15-19-13(2,3)14(4,5)20-15/h7-8H,6H2,1-5H3,(H2,16,17). The summed E-state index contributed by atoms with van der Waals surface area (Å²) >= 11 is 0. The van der Waals surface area contributed by atoms with E-state index in [-0.39, 0.29) is 12.2 Å². The highest BCUT2D eigenvalue weighted by Gasteiger charge is 2.52. The van der Waals surface area contributed by atoms with Crippen LogP contribution >= 0.6 is 0 Å². The normalized spacial score (nSPS) is 20.1. The van der Waals surface area contributed by atoms with Crippen molar-refractivity contribution in [1.29, 1.82) is 0 Å². The maximum atomic E-state index is 11.1. The van der Waals surface area contributed by atoms with Gasteiger partial charge < -0.3 is 15.0 Å². The number of hydrogen-bond donors (Lipinski definition) is 1. The molecule has 5 nitrogen and oxygen atoms in total. The lowest BCUT2D eigenvalue weighted by molar-refractivity contribution is -0.116. The van der Waals surface area contributed by atoms with E-state index in [1.165, 1.54) is 6.92 Å². The predicted octanol–water partition coefficient (Wildman–Crippen LogP) is 1.09. The van der Waals surface area contributed by atoms with Gasteiger partial charge in [0.25, 0.3) is 0 Å². The van der Waals surface area contributed by atoms with Crippen molar-refractivity contribution in [2.45, 2.75) is 52.2 Å². The Labute approximate surface area is 120 Å². The van der Waals surface area contributed by atoms with Gasteiger partial charge in [0.1, 0.15) is 5.78 Å². The average molecular weight is 276 g/mol. The Kier molecular flexibility index (Phi) is 3.65. The molecule has 2 N–H and O–H groups in total. The number of nitrogens with two attached hydrogens (primary N) is 1. The molecule has 1 aromatic rings. The van der Waals surface area contributed by atoms with Gasteiger partial charge in [0.05, 0.1) is 11.2 Å². The summed E-state index contributed by atoms with van der Waals surface area (Å²) in [6, 6.07) is 1.71. The van der Waals surface area contributed by atoms with Crippen LogP contribution in [0.5, 0.6) is 0 Å². The summed E-state index contributed by atoms with van der Waals surface area (Å²) in [6.45, 7) is 9.48. The van der Waals surface area contributed by atoms with E-state index in [4.69, 9.17) is 15.0 Å². The second kappa shape index (κ2) is 4.86. The van der Waals surface area contributed by atoms with E-state index in [1.54, 1.807) is 12.3 Å². The molecule has 0 spiro atoms. The Hall–Kier alpha value is -1.40. The molecule has 2 heterocycles. The summed E-state index contributed by atoms with van der Waals surface area (Å²) in [5.41, 5.74) is 7.12. The van der Waals surface area contributed by atoms with E-state index in [0.29, 0.717) is 16.8 Å². The zero-order chi connectivity index (χ0) is 15.1. The number of Topliss-reactive ketones (excluding diaryl/α,β-unsaturated/α-hetero) is 1. The van der Waals surface area contributed by atoms with Gasteiger partial charge in [0.15, 0.2) is 0 Å². The Balaban J connectivity index is 2.25. The van der Waals surface area contributed by atoms with Crippen LogP contribution in [0.25, 0.3) is 0 Å². The molecule has 108 valence electrons. The summed E-state index contributed by atoms with van der Waals surface area (Å²) in [4.78, 5) is 15.4. The zero-order valence-electron chi connectivity index (χ0n) is 12.7. The molecular weight excluding hydrogens is 255 g/mol. The van der Waals surface area contributed by atoms with Crippen LogP contribution in [-0.2, 0) is 20.5 Å². The van der Waals surface area contributed by atoms with Gasteiger partial charge in [0.2, 0.25) is 0 Å². The van der Waals surface area contributed by atoms with Crippen molar-refractivity contribution in [3.8, 4) is 0 Å². The number of aromatic nitrogens is 1. The summed E-state index contributed by atoms with van der Waals surface area (Å²) in [6.07, 6.45) is 1.92. The van der Waals surface area contributed by atoms with Crippen molar-refractivity contribution < 1.29 is 14.1 Å². The first-order valence-electron chi connectivity index (χ1n) is 6.72. The molecule has 1 aromatic heterocycles. The third-order valence-corrected chi connectivity index (χ3v) is 3.96. The van der Waals surface area contributed by atoms with Crippen LogP contribution in [0.2, 0.25) is 0 Å². The number of anilines is 1. The van der Waals surface area contributed by atoms with Crippen LogP contribution in [0.4, 0.5) is 5.69 Å². The lowest BCUT2D eigenvalue weighted by Gasteiger charge is -2.32. The first-order valence-corrected chi connectivity index (χ1v) is 6.72. The van der Waals surface area contributed by atoms with Crippen LogP contribution in [0.3, 0.4) is 0 Å². The SMILES string of the molecule is CC(=O)Cc1cc(N)c(B2OC(C)(C)C(C)(C)O2)cn1. The van der Waals surface area contributed by atoms with Crippen LogP contribution in [0.1, 0.15) is 40.3 Å². The van der Waals surface area contributed by atoms with Gasteiger partial charge in [-0.15, -0.1) is 0 Å². The summed E-state index contributed by atoms with van der Waals surface area (Å²) in [5.74, 6) is 0.0558. The van der Waals surface area contributed by atoms with Crippen molar-refractivity contribution >= 4 is 24.1 Å². The first-order chi connectivity index (χ1) is 9.12. The van der Waals surface area contributed by atoms with Crippen molar-refractivity contribution in [2.75, 3.05) is 5.73 Å². The van der Waals surface area contributed by atoms with Crippen molar-refractivity contribution in [1.82, 2.24) is 4.98 Å². The van der Waals surface area contributed by atoms with Gasteiger partial charge in [-0.3, -0.25) is 9.78 Å². The third-order valence-electron chi connectivity index (χ3n) is 3.96. The zero-order valence-corrected chi connectivity index (χ0v) is 12.7. The topological polar surface area (TPSA) is 74.4 Å². The lowest BCUT2D eigenvalue weighted by Crippen LogP contribution is -2.41. The Morgan fingerprint density at radius 1 is 1.30 bits per heavy atom. The fourth-order valence-electron chi connectivity index (χ4n) is 2.05. The molecule has 20 heavy (non-hydrogen) atoms. The number of nitrogens with zero attached hydrogens (tertiary/aromatic N) is 1. The highest BCUT2D eigenvalue weighted by atomic mass is 16.7. The third kappa shape index (κ3) is 2.71. The van der Waals surface area contributed by atoms with Gasteiger partial charge in [-0.05, 0) is 40.7 Å². The highest BCUT2D eigenvalue weighted by Crippen LogP contribution is 2.36. The molecule has 6 heteroatoms. The molecule has 0 atom stereocenters. The molecule has 0 amide bonds. The molecule has 2 rings (SSSR count). The van der Waals surface area contributed by atoms with E-state index >= 15 is 0 Å². The molecule has 1 aliphatic rings. The number of carbonyl (C=O) groups excluding carboxylic acids is 1. The maximum Gasteiger partial charge on any atom is 0.498 e. The fourth-order valence-corrected chi connectivity index (χ4v) is 2.05. The number of ketones is 1. The van der Waals surface area contributed by atoms with E-state index in [2.05, 4.69) is 4.98 Å². The molecule has 0 saturated carbocycles. The summed E-state index contributed by atoms with van der Waals surface area (Å²) in [5, 5.41) is 0. The van der Waals surface area contributed by atoms with Crippen LogP contribution in [-0.4, -0.2) is 29.1 Å². The van der Waals surface area contributed by atoms with E-state index in [0.717, 1.165) is 0 Å². The highest BCUT2D eigenvalue weighted by molar-refractivity contribution is 6.63. The molecule has 0 aliphatic carbocycles. The van der Waals surface area contributed by atoms with Gasteiger partial charge >= 0.3 is 7.12 Å². The van der Waals surface area contributed by atoms with E-state index < -0.39 is 18.3 Å². The molecule has 1 saturated heterocycles. The minimum Gasteiger partial charge on any atom is -0.399 e. The van der Waals surface area contributed by atoms with Crippen LogP contribution < -0.4 is 11.2 Å². The molecule has 0 bridgehead atoms. The molecule has 0 unspecified atom stereocenters. The minimum absolute atomic E-state index is 0.0558. The maximum absolute atomic E-state index is 11.1. The average Bonchev–Trinajstić information content (AvgIpc) is 2.46. The first kappa shape index (κ1) is 15.0. The summed E-state index contributed by atoms with van der Waals surface area (Å²) in [7, 11) is -0.529. The van der Waals surface area contributed by atoms with E-state index in [9.17, 15) is 4.79 Å². The minimum atomic E-state index is -0.529. The predicted molar refractivity (Wildman–Crippen MR) is 78.8 cm³/mol. The monoisotopic (exact) mass is 276 g/mol. The number of nitrogen functional groups attached to an aromatic ring is 1. The van der Waals surface area contributed by atoms with Crippen molar-refractivity contribution in [3.63, 3.8) is 0 Å². The number of carbonyl (C=O) groups is 1. The summed E-state index contributed by atoms with van der Waals surface area (Å²) < 4.78 is 11.9. The van der Waals surface area contributed by atoms with Gasteiger partial charge in [-0.25, -0.2) is 0 Å². The van der Waals surface area contributed by atoms with Crippen LogP contribution in [0, 0.1) is 0 Å². The van der Waals surface area contributed by atoms with E-state index in [1.807, 2.05) is 27.7 Å². The second-order valence-electron chi connectivity index (χ2n) is 6.27. The Morgan fingerprint density at radius 3 is 2.30 bits per heavy atom. The van der Waals surface area contributed by atoms with Crippen molar-refractivity contribution in [2.24, 2.45) is 0 Å². The Bertz CT molecular complexity index is 527.